The van der Waals surface area contributed by atoms with Crippen LogP contribution in [0, 0.1) is 5.92 Å². The van der Waals surface area contributed by atoms with Crippen LogP contribution in [-0.2, 0) is 16.1 Å². The molecule has 8 heteroatoms. The summed E-state index contributed by atoms with van der Waals surface area (Å²) in [5.41, 5.74) is 1.07. The van der Waals surface area contributed by atoms with Crippen molar-refractivity contribution in [3.63, 3.8) is 0 Å². The maximum Gasteiger partial charge on any atom is 0.317 e. The number of hydrogen-bond acceptors (Lipinski definition) is 7. The van der Waals surface area contributed by atoms with Crippen molar-refractivity contribution in [1.82, 2.24) is 19.8 Å². The van der Waals surface area contributed by atoms with Gasteiger partial charge in [-0.05, 0) is 0 Å². The number of nitrogens with zero attached hydrogens (tertiary/aromatic N) is 5. The van der Waals surface area contributed by atoms with Gasteiger partial charge in [-0.3, -0.25) is 14.6 Å². The first-order valence-electron chi connectivity index (χ1n) is 8.25. The normalized spacial score (nSPS) is 25.2. The van der Waals surface area contributed by atoms with Gasteiger partial charge in [0, 0.05) is 70.2 Å². The van der Waals surface area contributed by atoms with Crippen LogP contribution in [0.4, 0.5) is 5.95 Å². The molecule has 2 atom stereocenters. The van der Waals surface area contributed by atoms with E-state index >= 15 is 0 Å². The Hall–Kier alpha value is -1.77. The minimum absolute atomic E-state index is 0.0987. The van der Waals surface area contributed by atoms with E-state index in [1.165, 1.54) is 0 Å². The molecule has 0 aromatic carbocycles. The minimum Gasteiger partial charge on any atom is -0.480 e. The topological polar surface area (TPSA) is 82.0 Å². The van der Waals surface area contributed by atoms with E-state index in [1.54, 1.807) is 0 Å². The molecule has 0 unspecified atom stereocenters. The predicted octanol–water partition coefficient (Wildman–Crippen LogP) is -0.240. The third kappa shape index (κ3) is 4.19. The zero-order chi connectivity index (χ0) is 17.1. The summed E-state index contributed by atoms with van der Waals surface area (Å²) in [6.07, 6.45) is 3.74. The fraction of sp³-hybridized carbons (Fsp3) is 0.688. The Morgan fingerprint density at radius 1 is 1.29 bits per heavy atom. The second kappa shape index (κ2) is 7.42. The zero-order valence-corrected chi connectivity index (χ0v) is 14.3. The Labute approximate surface area is 142 Å². The lowest BCUT2D eigenvalue weighted by atomic mass is 10.1. The number of ether oxygens (including phenoxy) is 1. The molecule has 0 amide bonds. The predicted molar refractivity (Wildman–Crippen MR) is 88.9 cm³/mol. The van der Waals surface area contributed by atoms with E-state index in [2.05, 4.69) is 14.9 Å². The Balaban J connectivity index is 1.69. The second-order valence-electron chi connectivity index (χ2n) is 6.86. The van der Waals surface area contributed by atoms with Gasteiger partial charge < -0.3 is 14.7 Å². The number of aliphatic carboxylic acids is 1. The molecule has 2 aliphatic heterocycles. The molecular weight excluding hydrogens is 310 g/mol. The molecule has 8 nitrogen and oxygen atoms in total. The highest BCUT2D eigenvalue weighted by Gasteiger charge is 2.33. The number of fused-ring (bicyclic) bond motifs is 3. The molecule has 0 spiro atoms. The van der Waals surface area contributed by atoms with Gasteiger partial charge in [0.2, 0.25) is 5.95 Å². The molecule has 2 bridgehead atoms. The molecule has 2 saturated heterocycles. The Morgan fingerprint density at radius 2 is 2.04 bits per heavy atom. The van der Waals surface area contributed by atoms with E-state index in [1.807, 2.05) is 36.3 Å². The van der Waals surface area contributed by atoms with Gasteiger partial charge >= 0.3 is 5.97 Å². The number of carbonyl (C=O) groups is 1. The molecule has 1 N–H and O–H groups in total. The van der Waals surface area contributed by atoms with Gasteiger partial charge in [-0.25, -0.2) is 9.97 Å². The van der Waals surface area contributed by atoms with Crippen molar-refractivity contribution in [3.05, 3.63) is 18.0 Å². The van der Waals surface area contributed by atoms with Gasteiger partial charge in [0.15, 0.2) is 0 Å². The van der Waals surface area contributed by atoms with Crippen LogP contribution in [0.3, 0.4) is 0 Å². The van der Waals surface area contributed by atoms with Gasteiger partial charge in [0.25, 0.3) is 0 Å². The summed E-state index contributed by atoms with van der Waals surface area (Å²) in [6.45, 7) is 4.61. The number of carboxylic acids is 1. The van der Waals surface area contributed by atoms with Crippen LogP contribution in [0.5, 0.6) is 0 Å². The van der Waals surface area contributed by atoms with Crippen molar-refractivity contribution in [3.8, 4) is 0 Å². The third-order valence-electron chi connectivity index (χ3n) is 4.49. The molecule has 132 valence electrons. The van der Waals surface area contributed by atoms with Gasteiger partial charge in [-0.2, -0.15) is 0 Å². The van der Waals surface area contributed by atoms with Crippen molar-refractivity contribution in [2.45, 2.75) is 12.6 Å². The van der Waals surface area contributed by atoms with E-state index in [4.69, 9.17) is 9.84 Å². The van der Waals surface area contributed by atoms with Crippen LogP contribution in [0.15, 0.2) is 12.4 Å². The molecule has 2 fully saturated rings. The number of hydrogen-bond donors (Lipinski definition) is 1. The van der Waals surface area contributed by atoms with E-state index in [9.17, 15) is 4.79 Å². The minimum atomic E-state index is -0.768. The lowest BCUT2D eigenvalue weighted by Gasteiger charge is -2.30. The standard InChI is InChI=1S/C16H25N5O3/c1-19(2)16-17-3-12(4-18-16)6-21-7-13-5-20(9-15(22)23)8-14(21)11-24-10-13/h3-4,13-14H,5-11H2,1-2H3,(H,22,23)/t13-,14-/m0/s1. The molecule has 0 saturated carbocycles. The summed E-state index contributed by atoms with van der Waals surface area (Å²) in [5.74, 6) is 0.262. The summed E-state index contributed by atoms with van der Waals surface area (Å²) in [4.78, 5) is 26.1. The van der Waals surface area contributed by atoms with Gasteiger partial charge in [0.05, 0.1) is 19.8 Å². The average molecular weight is 335 g/mol. The largest absolute Gasteiger partial charge is 0.480 e. The summed E-state index contributed by atoms with van der Waals surface area (Å²) in [6, 6.07) is 0.199. The maximum absolute atomic E-state index is 11.1. The first kappa shape index (κ1) is 17.1. The van der Waals surface area contributed by atoms with Crippen LogP contribution in [0.1, 0.15) is 5.56 Å². The van der Waals surface area contributed by atoms with Crippen molar-refractivity contribution in [2.75, 3.05) is 58.4 Å². The summed E-state index contributed by atoms with van der Waals surface area (Å²) in [5, 5.41) is 9.09. The summed E-state index contributed by atoms with van der Waals surface area (Å²) in [7, 11) is 3.84. The number of rotatable bonds is 5. The lowest BCUT2D eigenvalue weighted by Crippen LogP contribution is -2.44. The number of aromatic nitrogens is 2. The first-order valence-corrected chi connectivity index (χ1v) is 8.25. The van der Waals surface area contributed by atoms with Crippen LogP contribution in [-0.4, -0.2) is 90.4 Å². The molecule has 0 aliphatic carbocycles. The van der Waals surface area contributed by atoms with Gasteiger partial charge in [-0.15, -0.1) is 0 Å². The Bertz CT molecular complexity index is 565. The highest BCUT2D eigenvalue weighted by atomic mass is 16.5. The van der Waals surface area contributed by atoms with Gasteiger partial charge in [0.1, 0.15) is 0 Å². The van der Waals surface area contributed by atoms with E-state index in [-0.39, 0.29) is 12.6 Å². The lowest BCUT2D eigenvalue weighted by molar-refractivity contribution is -0.138. The fourth-order valence-electron chi connectivity index (χ4n) is 3.44. The third-order valence-corrected chi connectivity index (χ3v) is 4.49. The molecule has 3 heterocycles. The number of anilines is 1. The van der Waals surface area contributed by atoms with Crippen LogP contribution < -0.4 is 4.90 Å². The second-order valence-corrected chi connectivity index (χ2v) is 6.86. The molecular formula is C16H25N5O3. The summed E-state index contributed by atoms with van der Waals surface area (Å²) >= 11 is 0. The monoisotopic (exact) mass is 335 g/mol. The van der Waals surface area contributed by atoms with E-state index in [0.29, 0.717) is 25.1 Å². The smallest absolute Gasteiger partial charge is 0.317 e. The highest BCUT2D eigenvalue weighted by molar-refractivity contribution is 5.69. The fourth-order valence-corrected chi connectivity index (χ4v) is 3.44. The molecule has 1 aromatic rings. The molecule has 3 rings (SSSR count). The Morgan fingerprint density at radius 3 is 2.71 bits per heavy atom. The van der Waals surface area contributed by atoms with Crippen molar-refractivity contribution < 1.29 is 14.6 Å². The molecule has 0 radical (unpaired) electrons. The van der Waals surface area contributed by atoms with Gasteiger partial charge in [-0.1, -0.05) is 0 Å². The van der Waals surface area contributed by atoms with Crippen molar-refractivity contribution in [2.24, 2.45) is 5.92 Å². The maximum atomic E-state index is 11.1. The van der Waals surface area contributed by atoms with Crippen LogP contribution >= 0.6 is 0 Å². The average Bonchev–Trinajstić information content (AvgIpc) is 2.77. The van der Waals surface area contributed by atoms with Crippen molar-refractivity contribution in [1.29, 1.82) is 0 Å². The zero-order valence-electron chi connectivity index (χ0n) is 14.3. The number of carboxylic acid groups (broad SMARTS) is 1. The first-order chi connectivity index (χ1) is 11.5. The quantitative estimate of drug-likeness (QED) is 0.790. The van der Waals surface area contributed by atoms with Crippen LogP contribution in [0.2, 0.25) is 0 Å². The van der Waals surface area contributed by atoms with E-state index < -0.39 is 5.97 Å². The van der Waals surface area contributed by atoms with Crippen LogP contribution in [0.25, 0.3) is 0 Å². The molecule has 24 heavy (non-hydrogen) atoms. The SMILES string of the molecule is CN(C)c1ncc(CN2C[C@H]3COC[C@@H]2CN(CC(=O)O)C3)cn1. The van der Waals surface area contributed by atoms with Crippen molar-refractivity contribution >= 4 is 11.9 Å². The molecule has 1 aromatic heterocycles. The summed E-state index contributed by atoms with van der Waals surface area (Å²) < 4.78 is 5.78. The highest BCUT2D eigenvalue weighted by Crippen LogP contribution is 2.21. The molecule has 2 aliphatic rings. The van der Waals surface area contributed by atoms with E-state index in [0.717, 1.165) is 31.7 Å². The Kier molecular flexibility index (Phi) is 5.27.